The quantitative estimate of drug-likeness (QED) is 0.843. The van der Waals surface area contributed by atoms with Gasteiger partial charge in [-0.3, -0.25) is 4.79 Å². The first kappa shape index (κ1) is 12.9. The van der Waals surface area contributed by atoms with Gasteiger partial charge in [0.15, 0.2) is 0 Å². The standard InChI is InChI=1S/C15H18ClNO2/c16-14-12-8-11(6-7-13(12)18)17(15(14)19)9-10-4-2-1-3-5-10/h1-5,11-14,18H,6-9H2/t11-,12-,13+,14+/m1/s1. The van der Waals surface area contributed by atoms with Crippen LogP contribution in [0.15, 0.2) is 30.3 Å². The molecule has 0 aromatic heterocycles. The Morgan fingerprint density at radius 1 is 1.26 bits per heavy atom. The van der Waals surface area contributed by atoms with Gasteiger partial charge in [-0.2, -0.15) is 0 Å². The van der Waals surface area contributed by atoms with Crippen molar-refractivity contribution in [2.75, 3.05) is 0 Å². The molecule has 1 amide bonds. The zero-order valence-corrected chi connectivity index (χ0v) is 11.5. The predicted molar refractivity (Wildman–Crippen MR) is 73.8 cm³/mol. The number of benzene rings is 1. The van der Waals surface area contributed by atoms with Gasteiger partial charge in [-0.15, -0.1) is 11.6 Å². The van der Waals surface area contributed by atoms with E-state index in [-0.39, 0.29) is 17.9 Å². The summed E-state index contributed by atoms with van der Waals surface area (Å²) in [6.07, 6.45) is 2.03. The van der Waals surface area contributed by atoms with Gasteiger partial charge in [0.25, 0.3) is 0 Å². The van der Waals surface area contributed by atoms with Gasteiger partial charge in [0, 0.05) is 18.5 Å². The number of carbonyl (C=O) groups is 1. The SMILES string of the molecule is O=C1[C@@H](Cl)[C@@H]2C[C@@H](CC[C@@H]2O)N1Cc1ccccc1. The third-order valence-electron chi connectivity index (χ3n) is 4.37. The number of fused-ring (bicyclic) bond motifs is 2. The monoisotopic (exact) mass is 279 g/mol. The van der Waals surface area contributed by atoms with E-state index in [9.17, 15) is 9.90 Å². The van der Waals surface area contributed by atoms with Crippen LogP contribution in [0.1, 0.15) is 24.8 Å². The van der Waals surface area contributed by atoms with E-state index >= 15 is 0 Å². The Bertz CT molecular complexity index is 464. The van der Waals surface area contributed by atoms with E-state index < -0.39 is 11.5 Å². The maximum atomic E-state index is 12.4. The van der Waals surface area contributed by atoms with Crippen LogP contribution in [0.25, 0.3) is 0 Å². The van der Waals surface area contributed by atoms with Gasteiger partial charge in [0.2, 0.25) is 5.91 Å². The summed E-state index contributed by atoms with van der Waals surface area (Å²) in [4.78, 5) is 14.3. The number of alkyl halides is 1. The first-order valence-electron chi connectivity index (χ1n) is 6.83. The van der Waals surface area contributed by atoms with Crippen LogP contribution in [-0.2, 0) is 11.3 Å². The Kier molecular flexibility index (Phi) is 3.50. The van der Waals surface area contributed by atoms with E-state index in [1.54, 1.807) is 0 Å². The number of likely N-dealkylation sites (tertiary alicyclic amines) is 1. The third kappa shape index (κ3) is 2.37. The molecule has 2 bridgehead atoms. The van der Waals surface area contributed by atoms with Crippen molar-refractivity contribution in [2.45, 2.75) is 43.3 Å². The molecule has 4 heteroatoms. The van der Waals surface area contributed by atoms with Gasteiger partial charge in [0.05, 0.1) is 6.10 Å². The molecule has 1 saturated carbocycles. The molecule has 0 radical (unpaired) electrons. The zero-order chi connectivity index (χ0) is 13.4. The molecule has 1 aromatic carbocycles. The lowest BCUT2D eigenvalue weighted by Crippen LogP contribution is -2.57. The molecule has 1 aromatic rings. The summed E-state index contributed by atoms with van der Waals surface area (Å²) in [6.45, 7) is 0.621. The van der Waals surface area contributed by atoms with Crippen LogP contribution in [0.5, 0.6) is 0 Å². The van der Waals surface area contributed by atoms with Gasteiger partial charge in [-0.25, -0.2) is 0 Å². The first-order valence-corrected chi connectivity index (χ1v) is 7.27. The van der Waals surface area contributed by atoms with E-state index in [4.69, 9.17) is 11.6 Å². The number of piperidine rings is 1. The number of amides is 1. The molecule has 1 saturated heterocycles. The Morgan fingerprint density at radius 3 is 2.74 bits per heavy atom. The first-order chi connectivity index (χ1) is 9.16. The Morgan fingerprint density at radius 2 is 2.00 bits per heavy atom. The molecule has 1 heterocycles. The van der Waals surface area contributed by atoms with E-state index in [2.05, 4.69) is 0 Å². The average molecular weight is 280 g/mol. The van der Waals surface area contributed by atoms with Gasteiger partial charge in [-0.05, 0) is 24.8 Å². The summed E-state index contributed by atoms with van der Waals surface area (Å²) >= 11 is 6.24. The van der Waals surface area contributed by atoms with E-state index in [1.807, 2.05) is 35.2 Å². The summed E-state index contributed by atoms with van der Waals surface area (Å²) < 4.78 is 0. The highest BCUT2D eigenvalue weighted by Gasteiger charge is 2.46. The Balaban J connectivity index is 1.80. The number of hydrogen-bond donors (Lipinski definition) is 1. The van der Waals surface area contributed by atoms with Gasteiger partial charge < -0.3 is 10.0 Å². The van der Waals surface area contributed by atoms with Crippen molar-refractivity contribution in [1.29, 1.82) is 0 Å². The van der Waals surface area contributed by atoms with Gasteiger partial charge in [0.1, 0.15) is 5.38 Å². The second-order valence-electron chi connectivity index (χ2n) is 5.55. The summed E-state index contributed by atoms with van der Waals surface area (Å²) in [5, 5.41) is 9.36. The number of rotatable bonds is 2. The van der Waals surface area contributed by atoms with Crippen molar-refractivity contribution < 1.29 is 9.90 Å². The van der Waals surface area contributed by atoms with Crippen LogP contribution in [0, 0.1) is 5.92 Å². The number of aliphatic hydroxyl groups is 1. The molecular formula is C15H18ClNO2. The minimum atomic E-state index is -0.574. The van der Waals surface area contributed by atoms with Crippen LogP contribution in [0.2, 0.25) is 0 Å². The minimum absolute atomic E-state index is 0.0227. The summed E-state index contributed by atoms with van der Waals surface area (Å²) in [5.41, 5.74) is 1.13. The van der Waals surface area contributed by atoms with Crippen molar-refractivity contribution in [3.05, 3.63) is 35.9 Å². The maximum Gasteiger partial charge on any atom is 0.241 e. The van der Waals surface area contributed by atoms with Crippen LogP contribution in [0.3, 0.4) is 0 Å². The molecule has 3 nitrogen and oxygen atoms in total. The lowest BCUT2D eigenvalue weighted by atomic mass is 9.77. The Hall–Kier alpha value is -1.06. The highest BCUT2D eigenvalue weighted by atomic mass is 35.5. The van der Waals surface area contributed by atoms with Crippen molar-refractivity contribution in [2.24, 2.45) is 5.92 Å². The van der Waals surface area contributed by atoms with Crippen molar-refractivity contribution in [1.82, 2.24) is 4.90 Å². The third-order valence-corrected chi connectivity index (χ3v) is 4.88. The summed E-state index contributed by atoms with van der Waals surface area (Å²) in [7, 11) is 0. The van der Waals surface area contributed by atoms with Gasteiger partial charge >= 0.3 is 0 Å². The second kappa shape index (κ2) is 5.14. The normalized spacial score (nSPS) is 34.4. The molecule has 4 atom stereocenters. The number of carbonyl (C=O) groups excluding carboxylic acids is 1. The lowest BCUT2D eigenvalue weighted by molar-refractivity contribution is -0.144. The summed E-state index contributed by atoms with van der Waals surface area (Å²) in [5.74, 6) is -0.0922. The van der Waals surface area contributed by atoms with Crippen LogP contribution in [-0.4, -0.2) is 33.4 Å². The topological polar surface area (TPSA) is 40.5 Å². The number of hydrogen-bond acceptors (Lipinski definition) is 2. The van der Waals surface area contributed by atoms with Crippen molar-refractivity contribution in [3.63, 3.8) is 0 Å². The second-order valence-corrected chi connectivity index (χ2v) is 6.02. The fraction of sp³-hybridized carbons (Fsp3) is 0.533. The fourth-order valence-corrected chi connectivity index (χ4v) is 3.67. The zero-order valence-electron chi connectivity index (χ0n) is 10.7. The average Bonchev–Trinajstić information content (AvgIpc) is 2.44. The fourth-order valence-electron chi connectivity index (χ4n) is 3.27. The van der Waals surface area contributed by atoms with Gasteiger partial charge in [-0.1, -0.05) is 30.3 Å². The predicted octanol–water partition coefficient (Wildman–Crippen LogP) is 2.17. The molecule has 3 rings (SSSR count). The summed E-state index contributed by atoms with van der Waals surface area (Å²) in [6, 6.07) is 10.2. The van der Waals surface area contributed by atoms with Crippen LogP contribution in [0.4, 0.5) is 0 Å². The Labute approximate surface area is 118 Å². The number of aliphatic hydroxyl groups excluding tert-OH is 1. The largest absolute Gasteiger partial charge is 0.393 e. The molecule has 1 aliphatic carbocycles. The van der Waals surface area contributed by atoms with Crippen molar-refractivity contribution in [3.8, 4) is 0 Å². The molecule has 1 aliphatic heterocycles. The maximum absolute atomic E-state index is 12.4. The molecule has 1 N–H and O–H groups in total. The molecule has 19 heavy (non-hydrogen) atoms. The van der Waals surface area contributed by atoms with Crippen molar-refractivity contribution >= 4 is 17.5 Å². The highest BCUT2D eigenvalue weighted by Crippen LogP contribution is 2.38. The lowest BCUT2D eigenvalue weighted by Gasteiger charge is -2.47. The minimum Gasteiger partial charge on any atom is -0.393 e. The van der Waals surface area contributed by atoms with E-state index in [1.165, 1.54) is 0 Å². The molecule has 102 valence electrons. The van der Waals surface area contributed by atoms with Crippen LogP contribution >= 0.6 is 11.6 Å². The smallest absolute Gasteiger partial charge is 0.241 e. The molecule has 0 spiro atoms. The highest BCUT2D eigenvalue weighted by molar-refractivity contribution is 6.31. The molecule has 0 unspecified atom stereocenters. The molecule has 2 aliphatic rings. The number of halogens is 1. The molecular weight excluding hydrogens is 262 g/mol. The number of nitrogens with zero attached hydrogens (tertiary/aromatic N) is 1. The van der Waals surface area contributed by atoms with Crippen LogP contribution < -0.4 is 0 Å². The molecule has 2 fully saturated rings. The van der Waals surface area contributed by atoms with E-state index in [0.29, 0.717) is 6.54 Å². The van der Waals surface area contributed by atoms with E-state index in [0.717, 1.165) is 24.8 Å².